The van der Waals surface area contributed by atoms with Crippen LogP contribution in [0.1, 0.15) is 58.8 Å². The Kier molecular flexibility index (Phi) is 3.24. The molecule has 0 spiro atoms. The van der Waals surface area contributed by atoms with Crippen molar-refractivity contribution < 1.29 is 14.4 Å². The van der Waals surface area contributed by atoms with Crippen LogP contribution >= 0.6 is 0 Å². The van der Waals surface area contributed by atoms with Crippen LogP contribution in [0.3, 0.4) is 0 Å². The first kappa shape index (κ1) is 15.3. The molecule has 23 heavy (non-hydrogen) atoms. The maximum Gasteiger partial charge on any atom is 0.205 e. The zero-order chi connectivity index (χ0) is 16.4. The largest absolute Gasteiger partial charge is 0.299 e. The molecule has 0 saturated heterocycles. The molecule has 3 saturated carbocycles. The fourth-order valence-electron chi connectivity index (χ4n) is 6.56. The minimum Gasteiger partial charge on any atom is -0.299 e. The van der Waals surface area contributed by atoms with E-state index < -0.39 is 0 Å². The molecule has 4 aliphatic carbocycles. The fourth-order valence-corrected chi connectivity index (χ4v) is 6.56. The number of rotatable bonds is 1. The van der Waals surface area contributed by atoms with Crippen molar-refractivity contribution in [3.05, 3.63) is 12.2 Å². The molecule has 0 aliphatic heterocycles. The van der Waals surface area contributed by atoms with Crippen molar-refractivity contribution in [2.24, 2.45) is 34.5 Å². The average molecular weight is 314 g/mol. The predicted octanol–water partition coefficient (Wildman–Crippen LogP) is 3.51. The van der Waals surface area contributed by atoms with Gasteiger partial charge in [0, 0.05) is 24.2 Å². The second-order valence-corrected chi connectivity index (χ2v) is 8.45. The number of carbonyl (C=O) groups is 3. The summed E-state index contributed by atoms with van der Waals surface area (Å²) in [7, 11) is 0. The van der Waals surface area contributed by atoms with E-state index in [9.17, 15) is 14.4 Å². The Labute approximate surface area is 137 Å². The van der Waals surface area contributed by atoms with Crippen LogP contribution in [0.5, 0.6) is 0 Å². The first-order valence-electron chi connectivity index (χ1n) is 9.23. The van der Waals surface area contributed by atoms with Crippen LogP contribution < -0.4 is 0 Å². The second-order valence-electron chi connectivity index (χ2n) is 8.45. The van der Waals surface area contributed by atoms with Crippen molar-refractivity contribution in [3.8, 4) is 0 Å². The number of hydrogen-bond acceptors (Lipinski definition) is 3. The third-order valence-corrected chi connectivity index (χ3v) is 7.96. The minimum atomic E-state index is -0.212. The summed E-state index contributed by atoms with van der Waals surface area (Å²) < 4.78 is 0. The summed E-state index contributed by atoms with van der Waals surface area (Å²) in [5.74, 6) is 1.19. The summed E-state index contributed by atoms with van der Waals surface area (Å²) in [6.07, 6.45) is 10.2. The van der Waals surface area contributed by atoms with Crippen molar-refractivity contribution in [1.29, 1.82) is 0 Å². The maximum absolute atomic E-state index is 12.5. The molecule has 0 amide bonds. The van der Waals surface area contributed by atoms with Gasteiger partial charge in [0.2, 0.25) is 5.78 Å². The SMILES string of the molecule is CC[C@]12CCC(=O)C(=O)C1C=C[C@@H]1[C@@H]2CC[C@]2(C)C(=O)CC[C@@H]12. The van der Waals surface area contributed by atoms with Crippen molar-refractivity contribution in [2.75, 3.05) is 0 Å². The zero-order valence-corrected chi connectivity index (χ0v) is 14.1. The van der Waals surface area contributed by atoms with Crippen LogP contribution in [-0.2, 0) is 14.4 Å². The molecule has 6 atom stereocenters. The molecular weight excluding hydrogens is 288 g/mol. The van der Waals surface area contributed by atoms with Gasteiger partial charge in [-0.1, -0.05) is 26.0 Å². The molecule has 3 fully saturated rings. The molecule has 4 aliphatic rings. The van der Waals surface area contributed by atoms with Gasteiger partial charge in [0.1, 0.15) is 5.78 Å². The number of fused-ring (bicyclic) bond motifs is 5. The van der Waals surface area contributed by atoms with Crippen LogP contribution in [0.2, 0.25) is 0 Å². The van der Waals surface area contributed by atoms with E-state index in [-0.39, 0.29) is 28.3 Å². The van der Waals surface area contributed by atoms with Gasteiger partial charge in [-0.2, -0.15) is 0 Å². The highest BCUT2D eigenvalue weighted by molar-refractivity contribution is 6.39. The number of Topliss-reactive ketones (excluding diaryl/α,β-unsaturated/α-hetero) is 3. The number of ketones is 3. The first-order valence-corrected chi connectivity index (χ1v) is 9.23. The summed E-state index contributed by atoms with van der Waals surface area (Å²) in [6.45, 7) is 4.34. The average Bonchev–Trinajstić information content (AvgIpc) is 2.86. The summed E-state index contributed by atoms with van der Waals surface area (Å²) in [5, 5.41) is 0. The summed E-state index contributed by atoms with van der Waals surface area (Å²) in [4.78, 5) is 36.8. The fraction of sp³-hybridized carbons (Fsp3) is 0.750. The van der Waals surface area contributed by atoms with E-state index in [1.165, 1.54) is 0 Å². The minimum absolute atomic E-state index is 0.0443. The number of allylic oxidation sites excluding steroid dienone is 2. The molecule has 3 nitrogen and oxygen atoms in total. The van der Waals surface area contributed by atoms with Gasteiger partial charge in [-0.3, -0.25) is 14.4 Å². The summed E-state index contributed by atoms with van der Waals surface area (Å²) in [6, 6.07) is 0. The molecule has 0 heterocycles. The number of carbonyl (C=O) groups excluding carboxylic acids is 3. The normalized spacial score (nSPS) is 48.9. The lowest BCUT2D eigenvalue weighted by Gasteiger charge is -2.57. The Bertz CT molecular complexity index is 618. The molecule has 0 aromatic heterocycles. The highest BCUT2D eigenvalue weighted by Crippen LogP contribution is 2.63. The van der Waals surface area contributed by atoms with Crippen molar-refractivity contribution in [2.45, 2.75) is 58.8 Å². The van der Waals surface area contributed by atoms with Crippen molar-refractivity contribution >= 4 is 17.3 Å². The molecule has 3 heteroatoms. The Balaban J connectivity index is 1.77. The Morgan fingerprint density at radius 2 is 1.83 bits per heavy atom. The van der Waals surface area contributed by atoms with E-state index in [2.05, 4.69) is 19.9 Å². The van der Waals surface area contributed by atoms with Crippen LogP contribution in [-0.4, -0.2) is 17.3 Å². The third kappa shape index (κ3) is 1.79. The Morgan fingerprint density at radius 1 is 1.04 bits per heavy atom. The van der Waals surface area contributed by atoms with Crippen LogP contribution in [0.4, 0.5) is 0 Å². The van der Waals surface area contributed by atoms with Gasteiger partial charge >= 0.3 is 0 Å². The van der Waals surface area contributed by atoms with E-state index in [0.717, 1.165) is 38.5 Å². The van der Waals surface area contributed by atoms with Crippen molar-refractivity contribution in [1.82, 2.24) is 0 Å². The molecule has 124 valence electrons. The van der Waals surface area contributed by atoms with E-state index in [0.29, 0.717) is 30.0 Å². The topological polar surface area (TPSA) is 51.2 Å². The van der Waals surface area contributed by atoms with Gasteiger partial charge in [-0.05, 0) is 55.3 Å². The monoisotopic (exact) mass is 314 g/mol. The van der Waals surface area contributed by atoms with Gasteiger partial charge < -0.3 is 0 Å². The second kappa shape index (κ2) is 4.87. The molecule has 0 radical (unpaired) electrons. The van der Waals surface area contributed by atoms with Crippen molar-refractivity contribution in [3.63, 3.8) is 0 Å². The maximum atomic E-state index is 12.5. The van der Waals surface area contributed by atoms with Gasteiger partial charge in [-0.15, -0.1) is 0 Å². The van der Waals surface area contributed by atoms with Gasteiger partial charge in [0.05, 0.1) is 0 Å². The molecule has 0 N–H and O–H groups in total. The molecule has 0 aromatic carbocycles. The standard InChI is InChI=1S/C20H26O3/c1-3-20-11-9-16(21)18(23)15(20)5-4-12-13-6-7-17(22)19(13,2)10-8-14(12)20/h4-5,12-15H,3,6-11H2,1-2H3/t12-,13-,14-,15?,19-,20+/m0/s1. The Morgan fingerprint density at radius 3 is 2.57 bits per heavy atom. The lowest BCUT2D eigenvalue weighted by atomic mass is 9.46. The van der Waals surface area contributed by atoms with Gasteiger partial charge in [-0.25, -0.2) is 0 Å². The van der Waals surface area contributed by atoms with E-state index >= 15 is 0 Å². The van der Waals surface area contributed by atoms with E-state index in [1.807, 2.05) is 6.08 Å². The molecule has 0 bridgehead atoms. The van der Waals surface area contributed by atoms with Crippen LogP contribution in [0.25, 0.3) is 0 Å². The lowest BCUT2D eigenvalue weighted by Crippen LogP contribution is -2.55. The van der Waals surface area contributed by atoms with Crippen LogP contribution in [0.15, 0.2) is 12.2 Å². The van der Waals surface area contributed by atoms with Crippen LogP contribution in [0, 0.1) is 34.5 Å². The van der Waals surface area contributed by atoms with E-state index in [1.54, 1.807) is 0 Å². The molecular formula is C20H26O3. The predicted molar refractivity (Wildman–Crippen MR) is 86.7 cm³/mol. The quantitative estimate of drug-likeness (QED) is 0.550. The third-order valence-electron chi connectivity index (χ3n) is 7.96. The summed E-state index contributed by atoms with van der Waals surface area (Å²) >= 11 is 0. The van der Waals surface area contributed by atoms with E-state index in [4.69, 9.17) is 0 Å². The highest BCUT2D eigenvalue weighted by Gasteiger charge is 2.61. The Hall–Kier alpha value is -1.25. The van der Waals surface area contributed by atoms with Gasteiger partial charge in [0.15, 0.2) is 5.78 Å². The number of hydrogen-bond donors (Lipinski definition) is 0. The van der Waals surface area contributed by atoms with Gasteiger partial charge in [0.25, 0.3) is 0 Å². The molecule has 0 aromatic rings. The molecule has 1 unspecified atom stereocenters. The highest BCUT2D eigenvalue weighted by atomic mass is 16.2. The zero-order valence-electron chi connectivity index (χ0n) is 14.1. The summed E-state index contributed by atoms with van der Waals surface area (Å²) in [5.41, 5.74) is -0.195. The smallest absolute Gasteiger partial charge is 0.205 e. The lowest BCUT2D eigenvalue weighted by molar-refractivity contribution is -0.151. The molecule has 4 rings (SSSR count). The first-order chi connectivity index (χ1) is 10.9.